The molecular weight excluding hydrogens is 268 g/mol. The fourth-order valence-corrected chi connectivity index (χ4v) is 1.67. The Balaban J connectivity index is 2.64. The molecule has 0 aliphatic heterocycles. The Hall–Kier alpha value is -3.10. The van der Waals surface area contributed by atoms with Crippen LogP contribution in [0.4, 0.5) is 11.5 Å². The number of anilines is 1. The predicted molar refractivity (Wildman–Crippen MR) is 68.1 cm³/mol. The Labute approximate surface area is 112 Å². The van der Waals surface area contributed by atoms with E-state index in [1.165, 1.54) is 25.3 Å². The minimum absolute atomic E-state index is 0.142. The van der Waals surface area contributed by atoms with Crippen molar-refractivity contribution in [2.24, 2.45) is 0 Å². The molecule has 104 valence electrons. The summed E-state index contributed by atoms with van der Waals surface area (Å²) < 4.78 is 6.15. The van der Waals surface area contributed by atoms with E-state index in [0.29, 0.717) is 0 Å². The van der Waals surface area contributed by atoms with Crippen molar-refractivity contribution in [2.75, 3.05) is 12.8 Å². The van der Waals surface area contributed by atoms with Crippen LogP contribution in [0.25, 0.3) is 5.69 Å². The van der Waals surface area contributed by atoms with Crippen LogP contribution in [-0.2, 0) is 0 Å². The lowest BCUT2D eigenvalue weighted by Gasteiger charge is -2.09. The van der Waals surface area contributed by atoms with Crippen LogP contribution in [0.3, 0.4) is 0 Å². The molecule has 1 aromatic heterocycles. The van der Waals surface area contributed by atoms with Crippen molar-refractivity contribution in [3.05, 3.63) is 40.1 Å². The second-order valence-corrected chi connectivity index (χ2v) is 3.77. The van der Waals surface area contributed by atoms with Gasteiger partial charge in [0.15, 0.2) is 0 Å². The number of nitrogens with zero attached hydrogens (tertiary/aromatic N) is 3. The highest BCUT2D eigenvalue weighted by Gasteiger charge is 2.19. The highest BCUT2D eigenvalue weighted by atomic mass is 16.6. The number of methoxy groups -OCH3 is 1. The van der Waals surface area contributed by atoms with E-state index in [-0.39, 0.29) is 28.5 Å². The van der Waals surface area contributed by atoms with Crippen LogP contribution in [0.1, 0.15) is 10.4 Å². The Morgan fingerprint density at radius 2 is 2.25 bits per heavy atom. The second kappa shape index (κ2) is 4.88. The quantitative estimate of drug-likeness (QED) is 0.631. The number of nitro groups is 1. The number of non-ortho nitro benzene ring substituents is 1. The van der Waals surface area contributed by atoms with Gasteiger partial charge in [-0.3, -0.25) is 10.1 Å². The van der Waals surface area contributed by atoms with Gasteiger partial charge in [0, 0.05) is 12.1 Å². The van der Waals surface area contributed by atoms with E-state index in [1.54, 1.807) is 0 Å². The number of benzene rings is 1. The molecule has 1 aromatic carbocycles. The smallest absolute Gasteiger partial charge is 0.341 e. The zero-order chi connectivity index (χ0) is 14.9. The Bertz CT molecular complexity index is 694. The standard InChI is InChI=1S/C11H10N4O5/c1-20-9-3-2-6(15(18)19)4-8(9)14-10(12)7(5-13-14)11(16)17/h2-5H,12H2,1H3,(H,16,17). The molecule has 0 saturated heterocycles. The number of aromatic nitrogens is 2. The molecule has 2 aromatic rings. The molecule has 0 aliphatic carbocycles. The SMILES string of the molecule is COc1ccc([N+](=O)[O-])cc1-n1ncc(C(=O)O)c1N. The lowest BCUT2D eigenvalue weighted by Crippen LogP contribution is -2.07. The van der Waals surface area contributed by atoms with Crippen molar-refractivity contribution in [1.29, 1.82) is 0 Å². The van der Waals surface area contributed by atoms with Gasteiger partial charge in [0.2, 0.25) is 0 Å². The van der Waals surface area contributed by atoms with E-state index >= 15 is 0 Å². The number of carbonyl (C=O) groups is 1. The van der Waals surface area contributed by atoms with E-state index < -0.39 is 10.9 Å². The first-order chi connectivity index (χ1) is 9.45. The van der Waals surface area contributed by atoms with Crippen LogP contribution in [0.15, 0.2) is 24.4 Å². The van der Waals surface area contributed by atoms with Gasteiger partial charge in [0.1, 0.15) is 22.8 Å². The number of hydrogen-bond donors (Lipinski definition) is 2. The fraction of sp³-hybridized carbons (Fsp3) is 0.0909. The maximum absolute atomic E-state index is 10.9. The van der Waals surface area contributed by atoms with Gasteiger partial charge in [0.05, 0.1) is 18.2 Å². The number of rotatable bonds is 4. The summed E-state index contributed by atoms with van der Waals surface area (Å²) in [6.07, 6.45) is 1.07. The highest BCUT2D eigenvalue weighted by Crippen LogP contribution is 2.29. The van der Waals surface area contributed by atoms with Crippen LogP contribution < -0.4 is 10.5 Å². The number of ether oxygens (including phenoxy) is 1. The minimum atomic E-state index is -1.24. The van der Waals surface area contributed by atoms with Crippen molar-refractivity contribution in [3.8, 4) is 11.4 Å². The number of nitrogens with two attached hydrogens (primary N) is 1. The third-order valence-corrected chi connectivity index (χ3v) is 2.64. The van der Waals surface area contributed by atoms with E-state index in [4.69, 9.17) is 15.6 Å². The molecule has 0 saturated carbocycles. The summed E-state index contributed by atoms with van der Waals surface area (Å²) in [4.78, 5) is 21.1. The molecule has 0 bridgehead atoms. The van der Waals surface area contributed by atoms with Crippen molar-refractivity contribution in [2.45, 2.75) is 0 Å². The number of hydrogen-bond acceptors (Lipinski definition) is 6. The van der Waals surface area contributed by atoms with Gasteiger partial charge in [-0.1, -0.05) is 0 Å². The van der Waals surface area contributed by atoms with Gasteiger partial charge in [-0.25, -0.2) is 9.48 Å². The maximum Gasteiger partial charge on any atom is 0.341 e. The van der Waals surface area contributed by atoms with Crippen LogP contribution in [0, 0.1) is 10.1 Å². The fourth-order valence-electron chi connectivity index (χ4n) is 1.67. The van der Waals surface area contributed by atoms with E-state index in [9.17, 15) is 14.9 Å². The number of nitrogen functional groups attached to an aromatic ring is 1. The summed E-state index contributed by atoms with van der Waals surface area (Å²) in [7, 11) is 1.38. The molecule has 0 radical (unpaired) electrons. The zero-order valence-electron chi connectivity index (χ0n) is 10.3. The summed E-state index contributed by atoms with van der Waals surface area (Å²) in [5.41, 5.74) is 5.48. The third-order valence-electron chi connectivity index (χ3n) is 2.64. The number of aromatic carboxylic acids is 1. The van der Waals surface area contributed by atoms with Crippen molar-refractivity contribution in [1.82, 2.24) is 9.78 Å². The summed E-state index contributed by atoms with van der Waals surface area (Å²) >= 11 is 0. The summed E-state index contributed by atoms with van der Waals surface area (Å²) in [5.74, 6) is -1.10. The molecule has 0 amide bonds. The van der Waals surface area contributed by atoms with Crippen molar-refractivity contribution >= 4 is 17.5 Å². The molecule has 0 atom stereocenters. The van der Waals surface area contributed by atoms with E-state index in [2.05, 4.69) is 5.10 Å². The van der Waals surface area contributed by atoms with Gasteiger partial charge in [-0.15, -0.1) is 0 Å². The van der Waals surface area contributed by atoms with Gasteiger partial charge < -0.3 is 15.6 Å². The lowest BCUT2D eigenvalue weighted by molar-refractivity contribution is -0.384. The molecule has 0 fully saturated rings. The summed E-state index contributed by atoms with van der Waals surface area (Å²) in [6, 6.07) is 3.85. The minimum Gasteiger partial charge on any atom is -0.494 e. The molecule has 0 unspecified atom stereocenters. The zero-order valence-corrected chi connectivity index (χ0v) is 10.3. The average molecular weight is 278 g/mol. The maximum atomic E-state index is 10.9. The molecule has 20 heavy (non-hydrogen) atoms. The predicted octanol–water partition coefficient (Wildman–Crippen LogP) is 1.07. The molecule has 0 aliphatic rings. The molecule has 1 heterocycles. The van der Waals surface area contributed by atoms with E-state index in [1.807, 2.05) is 0 Å². The number of carboxylic acids is 1. The molecule has 9 heteroatoms. The third kappa shape index (κ3) is 2.11. The monoisotopic (exact) mass is 278 g/mol. The molecule has 3 N–H and O–H groups in total. The summed E-state index contributed by atoms with van der Waals surface area (Å²) in [6.45, 7) is 0. The van der Waals surface area contributed by atoms with Crippen LogP contribution >= 0.6 is 0 Å². The first kappa shape index (κ1) is 13.3. The van der Waals surface area contributed by atoms with Crippen molar-refractivity contribution in [3.63, 3.8) is 0 Å². The molecular formula is C11H10N4O5. The molecule has 2 rings (SSSR count). The van der Waals surface area contributed by atoms with Crippen molar-refractivity contribution < 1.29 is 19.6 Å². The van der Waals surface area contributed by atoms with E-state index in [0.717, 1.165) is 10.9 Å². The molecule has 9 nitrogen and oxygen atoms in total. The highest BCUT2D eigenvalue weighted by molar-refractivity contribution is 5.92. The normalized spacial score (nSPS) is 10.2. The van der Waals surface area contributed by atoms with Gasteiger partial charge in [-0.05, 0) is 6.07 Å². The number of nitro benzene ring substituents is 1. The van der Waals surface area contributed by atoms with Crippen LogP contribution in [0.5, 0.6) is 5.75 Å². The average Bonchev–Trinajstić information content (AvgIpc) is 2.79. The van der Waals surface area contributed by atoms with Gasteiger partial charge in [-0.2, -0.15) is 5.10 Å². The van der Waals surface area contributed by atoms with Gasteiger partial charge in [0.25, 0.3) is 5.69 Å². The number of carboxylic acid groups (broad SMARTS) is 1. The lowest BCUT2D eigenvalue weighted by atomic mass is 10.2. The van der Waals surface area contributed by atoms with Crippen LogP contribution in [0.2, 0.25) is 0 Å². The Kier molecular flexibility index (Phi) is 3.25. The Morgan fingerprint density at radius 1 is 1.55 bits per heavy atom. The second-order valence-electron chi connectivity index (χ2n) is 3.77. The summed E-state index contributed by atoms with van der Waals surface area (Å²) in [5, 5.41) is 23.5. The van der Waals surface area contributed by atoms with Gasteiger partial charge >= 0.3 is 5.97 Å². The molecule has 0 spiro atoms. The first-order valence-electron chi connectivity index (χ1n) is 5.35. The first-order valence-corrected chi connectivity index (χ1v) is 5.35. The van der Waals surface area contributed by atoms with Crippen LogP contribution in [-0.4, -0.2) is 32.9 Å². The Morgan fingerprint density at radius 3 is 2.75 bits per heavy atom. The largest absolute Gasteiger partial charge is 0.494 e. The topological polar surface area (TPSA) is 134 Å².